The normalized spacial score (nSPS) is 18.4. The molecule has 0 bridgehead atoms. The molecular weight excluding hydrogens is 951 g/mol. The summed E-state index contributed by atoms with van der Waals surface area (Å²) in [5.74, 6) is -0.880. The molecule has 5 heterocycles. The number of amides is 4. The topological polar surface area (TPSA) is 213 Å². The number of ether oxygens (including phenoxy) is 2. The van der Waals surface area contributed by atoms with E-state index in [-0.39, 0.29) is 47.8 Å². The zero-order valence-electron chi connectivity index (χ0n) is 43.3. The SMILES string of the molecule is CN1CCN(Cc2ccc(-c3ccc(CO[C@H]4CCC[C@@H]4NC(=O)c4cc(-c5cnn(CCCCC(=O)NCCCOCCCc6ccc7c(c6)n(C)c(=O)n7C6CCC(=O)NC6=O)c5)cnc4N)cc3)cc2)CC1. The molecule has 1 saturated carbocycles. The molecule has 1 unspecified atom stereocenters. The number of carbonyl (C=O) groups is 4. The third-order valence-electron chi connectivity index (χ3n) is 14.9. The van der Waals surface area contributed by atoms with Gasteiger partial charge in [0.2, 0.25) is 17.7 Å². The van der Waals surface area contributed by atoms with Crippen LogP contribution in [0, 0.1) is 0 Å². The number of hydrogen-bond acceptors (Lipinski definition) is 12. The van der Waals surface area contributed by atoms with Crippen molar-refractivity contribution < 1.29 is 28.7 Å². The number of nitrogen functional groups attached to an aromatic ring is 1. The van der Waals surface area contributed by atoms with Crippen LogP contribution in [-0.4, -0.2) is 122 Å². The number of nitrogens with one attached hydrogen (secondary N) is 3. The molecule has 18 nitrogen and oxygen atoms in total. The minimum Gasteiger partial charge on any atom is -0.383 e. The van der Waals surface area contributed by atoms with Gasteiger partial charge in [0.15, 0.2) is 0 Å². The van der Waals surface area contributed by atoms with Gasteiger partial charge in [-0.3, -0.25) is 43.2 Å². The second-order valence-corrected chi connectivity index (χ2v) is 20.4. The van der Waals surface area contributed by atoms with Gasteiger partial charge in [-0.05, 0) is 111 Å². The number of fused-ring (bicyclic) bond motifs is 1. The minimum absolute atomic E-state index is 0.000843. The lowest BCUT2D eigenvalue weighted by Crippen LogP contribution is -2.44. The van der Waals surface area contributed by atoms with Gasteiger partial charge >= 0.3 is 5.69 Å². The number of piperidine rings is 1. The zero-order valence-corrected chi connectivity index (χ0v) is 43.3. The molecule has 1 aliphatic carbocycles. The van der Waals surface area contributed by atoms with E-state index < -0.39 is 11.9 Å². The number of pyridine rings is 1. The molecule has 3 aromatic carbocycles. The van der Waals surface area contributed by atoms with Crippen molar-refractivity contribution in [1.82, 2.24) is 49.6 Å². The quantitative estimate of drug-likeness (QED) is 0.0446. The van der Waals surface area contributed by atoms with Crippen LogP contribution < -0.4 is 27.4 Å². The number of imide groups is 1. The van der Waals surface area contributed by atoms with E-state index in [0.29, 0.717) is 69.7 Å². The number of anilines is 1. The van der Waals surface area contributed by atoms with Crippen LogP contribution >= 0.6 is 0 Å². The van der Waals surface area contributed by atoms with Crippen LogP contribution in [0.15, 0.2) is 96.2 Å². The number of aromatic nitrogens is 5. The standard InChI is InChI=1S/C57H71N11O7/c1-64-26-28-66(29-27-64)36-40-12-17-42(18-13-40)43-19-14-41(15-20-43)38-75-51-10-5-9-47(51)62-55(71)46-33-44(34-60-54(46)58)45-35-61-67(37-45)25-4-3-11-52(69)59-24-7-31-74-30-6-8-39-16-21-48-50(32-39)65(2)57(73)68(48)49-22-23-53(70)63-56(49)72/h12-21,32-35,37,47,49,51H,3-11,22-31,36,38H2,1-2H3,(H2,58,60)(H,59,69)(H,62,71)(H,63,70,72)/t47-,49?,51-/m0/s1. The maximum absolute atomic E-state index is 13.7. The van der Waals surface area contributed by atoms with Crippen molar-refractivity contribution in [3.63, 3.8) is 0 Å². The summed E-state index contributed by atoms with van der Waals surface area (Å²) >= 11 is 0. The molecule has 18 heteroatoms. The van der Waals surface area contributed by atoms with Crippen LogP contribution in [0.1, 0.15) is 97.3 Å². The third kappa shape index (κ3) is 13.7. The number of likely N-dealkylation sites (N-methyl/N-ethyl adjacent to an activating group) is 1. The maximum Gasteiger partial charge on any atom is 0.329 e. The molecule has 3 atom stereocenters. The van der Waals surface area contributed by atoms with Crippen LogP contribution in [0.5, 0.6) is 0 Å². The Morgan fingerprint density at radius 3 is 2.31 bits per heavy atom. The number of carbonyl (C=O) groups excluding carboxylic acids is 4. The number of unbranched alkanes of at least 4 members (excludes halogenated alkanes) is 1. The summed E-state index contributed by atoms with van der Waals surface area (Å²) in [6, 6.07) is 24.1. The summed E-state index contributed by atoms with van der Waals surface area (Å²) in [4.78, 5) is 72.7. The number of piperazine rings is 1. The van der Waals surface area contributed by atoms with E-state index in [0.717, 1.165) is 99.0 Å². The smallest absolute Gasteiger partial charge is 0.329 e. The summed E-state index contributed by atoms with van der Waals surface area (Å²) in [6.45, 7) is 8.15. The highest BCUT2D eigenvalue weighted by atomic mass is 16.5. The highest BCUT2D eigenvalue weighted by Gasteiger charge is 2.32. The van der Waals surface area contributed by atoms with Crippen molar-refractivity contribution in [3.8, 4) is 22.3 Å². The number of imidazole rings is 1. The van der Waals surface area contributed by atoms with E-state index >= 15 is 0 Å². The van der Waals surface area contributed by atoms with E-state index in [4.69, 9.17) is 15.2 Å². The van der Waals surface area contributed by atoms with Crippen LogP contribution in [-0.2, 0) is 57.0 Å². The molecular formula is C57H71N11O7. The van der Waals surface area contributed by atoms with Crippen LogP contribution in [0.3, 0.4) is 0 Å². The molecule has 9 rings (SSSR count). The maximum atomic E-state index is 13.7. The number of nitrogens with two attached hydrogens (primary N) is 1. The van der Waals surface area contributed by atoms with Crippen molar-refractivity contribution in [1.29, 1.82) is 0 Å². The molecule has 2 saturated heterocycles. The predicted octanol–water partition coefficient (Wildman–Crippen LogP) is 5.77. The van der Waals surface area contributed by atoms with Gasteiger partial charge in [-0.1, -0.05) is 54.6 Å². The number of benzene rings is 3. The van der Waals surface area contributed by atoms with Crippen molar-refractivity contribution in [2.24, 2.45) is 7.05 Å². The second kappa shape index (κ2) is 25.0. The fourth-order valence-electron chi connectivity index (χ4n) is 10.4. The summed E-state index contributed by atoms with van der Waals surface area (Å²) in [5, 5.41) is 13.0. The lowest BCUT2D eigenvalue weighted by Gasteiger charge is -2.32. The number of rotatable bonds is 23. The highest BCUT2D eigenvalue weighted by molar-refractivity contribution is 6.00. The van der Waals surface area contributed by atoms with E-state index in [9.17, 15) is 24.0 Å². The van der Waals surface area contributed by atoms with Crippen molar-refractivity contribution in [2.75, 3.05) is 58.7 Å². The number of hydrogen-bond donors (Lipinski definition) is 4. The zero-order chi connectivity index (χ0) is 52.3. The van der Waals surface area contributed by atoms with Crippen molar-refractivity contribution >= 4 is 40.5 Å². The Bertz CT molecular complexity index is 2990. The average Bonchev–Trinajstić information content (AvgIpc) is 4.14. The minimum atomic E-state index is -0.710. The Hall–Kier alpha value is -6.99. The first-order valence-corrected chi connectivity index (χ1v) is 26.6. The molecule has 0 spiro atoms. The van der Waals surface area contributed by atoms with Gasteiger partial charge in [0.05, 0.1) is 41.5 Å². The molecule has 4 amide bonds. The lowest BCUT2D eigenvalue weighted by atomic mass is 10.0. The van der Waals surface area contributed by atoms with Gasteiger partial charge in [-0.15, -0.1) is 0 Å². The Kier molecular flexibility index (Phi) is 17.6. The summed E-state index contributed by atoms with van der Waals surface area (Å²) in [5.41, 5.74) is 15.1. The predicted molar refractivity (Wildman–Crippen MR) is 287 cm³/mol. The summed E-state index contributed by atoms with van der Waals surface area (Å²) in [6.07, 6.45) is 12.5. The van der Waals surface area contributed by atoms with Gasteiger partial charge in [0, 0.05) is 102 Å². The van der Waals surface area contributed by atoms with Gasteiger partial charge in [-0.2, -0.15) is 5.10 Å². The molecule has 0 radical (unpaired) electrons. The molecule has 3 aliphatic rings. The van der Waals surface area contributed by atoms with E-state index in [1.807, 2.05) is 29.1 Å². The van der Waals surface area contributed by atoms with E-state index in [1.54, 1.807) is 30.1 Å². The Morgan fingerprint density at radius 2 is 1.53 bits per heavy atom. The molecule has 75 heavy (non-hydrogen) atoms. The molecule has 3 fully saturated rings. The molecule has 5 N–H and O–H groups in total. The third-order valence-corrected chi connectivity index (χ3v) is 14.9. The molecule has 3 aromatic heterocycles. The average molecular weight is 1020 g/mol. The first kappa shape index (κ1) is 52.9. The summed E-state index contributed by atoms with van der Waals surface area (Å²) in [7, 11) is 3.87. The largest absolute Gasteiger partial charge is 0.383 e. The lowest BCUT2D eigenvalue weighted by molar-refractivity contribution is -0.135. The number of aryl methyl sites for hydroxylation is 3. The summed E-state index contributed by atoms with van der Waals surface area (Å²) < 4.78 is 17.1. The monoisotopic (exact) mass is 1020 g/mol. The van der Waals surface area contributed by atoms with Gasteiger partial charge in [0.25, 0.3) is 5.91 Å². The van der Waals surface area contributed by atoms with Crippen molar-refractivity contribution in [2.45, 2.75) is 109 Å². The fourth-order valence-corrected chi connectivity index (χ4v) is 10.4. The highest BCUT2D eigenvalue weighted by Crippen LogP contribution is 2.28. The van der Waals surface area contributed by atoms with E-state index in [2.05, 4.69) is 91.4 Å². The van der Waals surface area contributed by atoms with Crippen LogP contribution in [0.4, 0.5) is 5.82 Å². The van der Waals surface area contributed by atoms with Gasteiger partial charge in [0.1, 0.15) is 11.9 Å². The van der Waals surface area contributed by atoms with Crippen molar-refractivity contribution in [3.05, 3.63) is 124 Å². The first-order valence-electron chi connectivity index (χ1n) is 26.6. The van der Waals surface area contributed by atoms with Gasteiger partial charge in [-0.25, -0.2) is 9.78 Å². The molecule has 396 valence electrons. The Balaban J connectivity index is 0.642. The molecule has 6 aromatic rings. The fraction of sp³-hybridized carbons (Fsp3) is 0.456. The molecule has 2 aliphatic heterocycles. The first-order chi connectivity index (χ1) is 36.4. The van der Waals surface area contributed by atoms with Crippen LogP contribution in [0.2, 0.25) is 0 Å². The van der Waals surface area contributed by atoms with Crippen LogP contribution in [0.25, 0.3) is 33.3 Å². The van der Waals surface area contributed by atoms with Gasteiger partial charge < -0.3 is 30.7 Å². The Morgan fingerprint density at radius 1 is 0.787 bits per heavy atom. The number of nitrogens with zero attached hydrogens (tertiary/aromatic N) is 7. The second-order valence-electron chi connectivity index (χ2n) is 20.4. The Labute approximate surface area is 437 Å². The van der Waals surface area contributed by atoms with E-state index in [1.165, 1.54) is 21.3 Å².